The molecule has 0 bridgehead atoms. The Labute approximate surface area is 67.0 Å². The quantitative estimate of drug-likeness (QED) is 0.324. The molecule has 3 nitrogen and oxygen atoms in total. The molecule has 1 saturated heterocycles. The van der Waals surface area contributed by atoms with Crippen LogP contribution in [-0.2, 0) is 4.74 Å². The lowest BCUT2D eigenvalue weighted by Gasteiger charge is -1.85. The van der Waals surface area contributed by atoms with E-state index in [4.69, 9.17) is 10.2 Å². The molecule has 0 spiro atoms. The van der Waals surface area contributed by atoms with Crippen molar-refractivity contribution in [2.75, 3.05) is 13.2 Å². The van der Waals surface area contributed by atoms with E-state index in [0.717, 1.165) is 26.1 Å². The summed E-state index contributed by atoms with van der Waals surface area (Å²) in [5, 5.41) is 16.3. The zero-order chi connectivity index (χ0) is 8.53. The lowest BCUT2D eigenvalue weighted by molar-refractivity contribution is 0.0107. The Morgan fingerprint density at radius 3 is 2.27 bits per heavy atom. The van der Waals surface area contributed by atoms with E-state index in [9.17, 15) is 0 Å². The number of aliphatic hydroxyl groups is 2. The maximum Gasteiger partial charge on any atom is 0.217 e. The Hall–Kier alpha value is -0.560. The van der Waals surface area contributed by atoms with Gasteiger partial charge in [0, 0.05) is 6.42 Å². The molecule has 0 aromatic heterocycles. The van der Waals surface area contributed by atoms with Crippen molar-refractivity contribution in [3.05, 3.63) is 0 Å². The Kier molecular flexibility index (Phi) is 7.16. The molecular formula is C8H14O3. The molecular weight excluding hydrogens is 144 g/mol. The van der Waals surface area contributed by atoms with Crippen LogP contribution in [-0.4, -0.2) is 29.7 Å². The minimum atomic E-state index is -1.46. The molecule has 11 heavy (non-hydrogen) atoms. The Bertz CT molecular complexity index is 127. The molecule has 1 heterocycles. The zero-order valence-corrected chi connectivity index (χ0v) is 6.71. The monoisotopic (exact) mass is 158 g/mol. The molecule has 0 amide bonds. The van der Waals surface area contributed by atoms with Gasteiger partial charge in [0.25, 0.3) is 0 Å². The summed E-state index contributed by atoms with van der Waals surface area (Å²) in [6.07, 6.45) is 0.235. The number of rotatable bonds is 1. The topological polar surface area (TPSA) is 53.0 Å². The number of ether oxygens (including phenoxy) is 1. The molecule has 64 valence electrons. The standard InChI is InChI=1S/C6H10O2.C2H4O/c1-2-3-4-5-6(7)8;1-2-3-1/h6-8H,2-3H2,1H3;1-2H2. The van der Waals surface area contributed by atoms with E-state index >= 15 is 0 Å². The first-order chi connectivity index (χ1) is 5.27. The Morgan fingerprint density at radius 2 is 2.00 bits per heavy atom. The van der Waals surface area contributed by atoms with Crippen LogP contribution in [0.5, 0.6) is 0 Å². The fraction of sp³-hybridized carbons (Fsp3) is 0.750. The lowest BCUT2D eigenvalue weighted by Crippen LogP contribution is -1.97. The van der Waals surface area contributed by atoms with Gasteiger partial charge in [-0.15, -0.1) is 0 Å². The average molecular weight is 158 g/mol. The summed E-state index contributed by atoms with van der Waals surface area (Å²) in [5.74, 6) is 4.79. The normalized spacial score (nSPS) is 12.7. The van der Waals surface area contributed by atoms with Crippen LogP contribution in [0.3, 0.4) is 0 Å². The van der Waals surface area contributed by atoms with E-state index in [1.807, 2.05) is 6.92 Å². The highest BCUT2D eigenvalue weighted by molar-refractivity contribution is 5.00. The van der Waals surface area contributed by atoms with Crippen molar-refractivity contribution in [1.82, 2.24) is 0 Å². The summed E-state index contributed by atoms with van der Waals surface area (Å²) in [7, 11) is 0. The maximum absolute atomic E-state index is 8.16. The summed E-state index contributed by atoms with van der Waals surface area (Å²) in [5.41, 5.74) is 0. The third kappa shape index (κ3) is 17.7. The van der Waals surface area contributed by atoms with E-state index in [1.165, 1.54) is 0 Å². The van der Waals surface area contributed by atoms with Crippen molar-refractivity contribution in [2.24, 2.45) is 0 Å². The maximum atomic E-state index is 8.16. The number of epoxide rings is 1. The van der Waals surface area contributed by atoms with Crippen LogP contribution >= 0.6 is 0 Å². The van der Waals surface area contributed by atoms with E-state index < -0.39 is 6.29 Å². The largest absolute Gasteiger partial charge is 0.377 e. The summed E-state index contributed by atoms with van der Waals surface area (Å²) >= 11 is 0. The molecule has 2 N–H and O–H groups in total. The molecule has 0 saturated carbocycles. The fourth-order valence-corrected chi connectivity index (χ4v) is 0.288. The molecule has 0 radical (unpaired) electrons. The SMILES string of the molecule is C1CO1.CCCC#CC(O)O. The molecule has 1 fully saturated rings. The average Bonchev–Trinajstić information content (AvgIpc) is 2.71. The van der Waals surface area contributed by atoms with Gasteiger partial charge < -0.3 is 14.9 Å². The Morgan fingerprint density at radius 1 is 1.45 bits per heavy atom. The molecule has 3 heteroatoms. The number of unbranched alkanes of at least 4 members (excludes halogenated alkanes) is 1. The van der Waals surface area contributed by atoms with Crippen LogP contribution in [0.25, 0.3) is 0 Å². The van der Waals surface area contributed by atoms with Crippen LogP contribution < -0.4 is 0 Å². The predicted molar refractivity (Wildman–Crippen MR) is 41.7 cm³/mol. The molecule has 1 aliphatic rings. The van der Waals surface area contributed by atoms with Gasteiger partial charge in [0.15, 0.2) is 0 Å². The van der Waals surface area contributed by atoms with Gasteiger partial charge in [0.1, 0.15) is 0 Å². The minimum absolute atomic E-state index is 0.734. The van der Waals surface area contributed by atoms with E-state index in [1.54, 1.807) is 0 Å². The smallest absolute Gasteiger partial charge is 0.217 e. The summed E-state index contributed by atoms with van der Waals surface area (Å²) in [6, 6.07) is 0. The van der Waals surface area contributed by atoms with E-state index in [2.05, 4.69) is 16.6 Å². The van der Waals surface area contributed by atoms with Crippen molar-refractivity contribution in [2.45, 2.75) is 26.1 Å². The lowest BCUT2D eigenvalue weighted by atomic mass is 10.3. The number of hydrogen-bond acceptors (Lipinski definition) is 3. The van der Waals surface area contributed by atoms with E-state index in [-0.39, 0.29) is 0 Å². The van der Waals surface area contributed by atoms with Crippen LogP contribution in [0.4, 0.5) is 0 Å². The van der Waals surface area contributed by atoms with Gasteiger partial charge >= 0.3 is 0 Å². The first kappa shape index (κ1) is 10.4. The molecule has 0 atom stereocenters. The molecule has 0 aromatic carbocycles. The van der Waals surface area contributed by atoms with Crippen molar-refractivity contribution < 1.29 is 14.9 Å². The number of aliphatic hydroxyl groups excluding tert-OH is 1. The van der Waals surface area contributed by atoms with Gasteiger partial charge in [-0.05, 0) is 12.3 Å². The molecule has 1 rings (SSSR count). The zero-order valence-electron chi connectivity index (χ0n) is 6.71. The second-order valence-corrected chi connectivity index (χ2v) is 2.06. The van der Waals surface area contributed by atoms with Crippen molar-refractivity contribution in [1.29, 1.82) is 0 Å². The summed E-state index contributed by atoms with van der Waals surface area (Å²) in [6.45, 7) is 3.98. The highest BCUT2D eigenvalue weighted by Gasteiger charge is 1.94. The minimum Gasteiger partial charge on any atom is -0.377 e. The van der Waals surface area contributed by atoms with Gasteiger partial charge in [0.2, 0.25) is 6.29 Å². The van der Waals surface area contributed by atoms with Crippen LogP contribution in [0.1, 0.15) is 19.8 Å². The molecule has 0 aromatic rings. The van der Waals surface area contributed by atoms with Gasteiger partial charge in [-0.25, -0.2) is 0 Å². The summed E-state index contributed by atoms with van der Waals surface area (Å²) in [4.78, 5) is 0. The van der Waals surface area contributed by atoms with Crippen LogP contribution in [0, 0.1) is 11.8 Å². The second kappa shape index (κ2) is 7.55. The molecule has 0 unspecified atom stereocenters. The second-order valence-electron chi connectivity index (χ2n) is 2.06. The first-order valence-electron chi connectivity index (χ1n) is 3.69. The van der Waals surface area contributed by atoms with Crippen molar-refractivity contribution >= 4 is 0 Å². The third-order valence-electron chi connectivity index (χ3n) is 0.810. The fourth-order valence-electron chi connectivity index (χ4n) is 0.288. The number of hydrogen-bond donors (Lipinski definition) is 2. The molecule has 0 aliphatic carbocycles. The highest BCUT2D eigenvalue weighted by Crippen LogP contribution is 1.84. The third-order valence-corrected chi connectivity index (χ3v) is 0.810. The van der Waals surface area contributed by atoms with E-state index in [0.29, 0.717) is 0 Å². The predicted octanol–water partition coefficient (Wildman–Crippen LogP) is 0.117. The van der Waals surface area contributed by atoms with Gasteiger partial charge in [-0.3, -0.25) is 0 Å². The van der Waals surface area contributed by atoms with Gasteiger partial charge in [0.05, 0.1) is 13.2 Å². The molecule has 1 aliphatic heterocycles. The summed E-state index contributed by atoms with van der Waals surface area (Å²) < 4.78 is 4.50. The van der Waals surface area contributed by atoms with Crippen molar-refractivity contribution in [3.8, 4) is 11.8 Å². The van der Waals surface area contributed by atoms with Gasteiger partial charge in [-0.1, -0.05) is 12.8 Å². The Balaban J connectivity index is 0.000000271. The highest BCUT2D eigenvalue weighted by atomic mass is 16.6. The van der Waals surface area contributed by atoms with Crippen molar-refractivity contribution in [3.63, 3.8) is 0 Å². The van der Waals surface area contributed by atoms with Crippen LogP contribution in [0.2, 0.25) is 0 Å². The van der Waals surface area contributed by atoms with Gasteiger partial charge in [-0.2, -0.15) is 0 Å². The van der Waals surface area contributed by atoms with Crippen LogP contribution in [0.15, 0.2) is 0 Å². The first-order valence-corrected chi connectivity index (χ1v) is 3.69.